The molecule has 4 rings (SSSR count). The molecule has 182 valence electrons. The van der Waals surface area contributed by atoms with Crippen LogP contribution in [0.2, 0.25) is 5.02 Å². The van der Waals surface area contributed by atoms with Crippen molar-refractivity contribution in [3.63, 3.8) is 0 Å². The smallest absolute Gasteiger partial charge is 0.377 e. The highest BCUT2D eigenvalue weighted by Crippen LogP contribution is 2.33. The Morgan fingerprint density at radius 1 is 1.00 bits per heavy atom. The minimum atomic E-state index is -4.48. The van der Waals surface area contributed by atoms with E-state index < -0.39 is 11.7 Å². The molecule has 0 aliphatic rings. The van der Waals surface area contributed by atoms with Crippen LogP contribution in [0.1, 0.15) is 34.9 Å². The van der Waals surface area contributed by atoms with Crippen molar-refractivity contribution in [2.24, 2.45) is 0 Å². The number of nitrogens with zero attached hydrogens (tertiary/aromatic N) is 2. The second-order valence-corrected chi connectivity index (χ2v) is 8.68. The van der Waals surface area contributed by atoms with Gasteiger partial charge in [0.25, 0.3) is 0 Å². The van der Waals surface area contributed by atoms with Gasteiger partial charge in [-0.05, 0) is 86.3 Å². The average molecular weight is 503 g/mol. The van der Waals surface area contributed by atoms with E-state index in [0.29, 0.717) is 42.0 Å². The van der Waals surface area contributed by atoms with Crippen LogP contribution in [-0.2, 0) is 30.4 Å². The number of aromatic nitrogens is 2. The molecule has 8 heteroatoms. The summed E-state index contributed by atoms with van der Waals surface area (Å²) in [7, 11) is 0. The van der Waals surface area contributed by atoms with Gasteiger partial charge >= 0.3 is 6.18 Å². The molecule has 0 spiro atoms. The van der Waals surface area contributed by atoms with Gasteiger partial charge in [-0.15, -0.1) is 0 Å². The Morgan fingerprint density at radius 3 is 2.43 bits per heavy atom. The number of ether oxygens (including phenoxy) is 1. The Labute approximate surface area is 205 Å². The highest BCUT2D eigenvalue weighted by atomic mass is 35.5. The van der Waals surface area contributed by atoms with Crippen LogP contribution in [0.5, 0.6) is 0 Å². The number of halogens is 5. The maximum Gasteiger partial charge on any atom is 0.417 e. The zero-order valence-corrected chi connectivity index (χ0v) is 20.0. The number of pyridine rings is 2. The number of alkyl halides is 3. The molecular formula is C27H23ClF4N2O. The molecule has 0 fully saturated rings. The lowest BCUT2D eigenvalue weighted by Gasteiger charge is -2.15. The van der Waals surface area contributed by atoms with E-state index in [4.69, 9.17) is 21.3 Å². The second kappa shape index (κ2) is 10.3. The van der Waals surface area contributed by atoms with Gasteiger partial charge in [0.1, 0.15) is 5.82 Å². The van der Waals surface area contributed by atoms with Gasteiger partial charge in [-0.25, -0.2) is 4.39 Å². The number of rotatable bonds is 7. The minimum absolute atomic E-state index is 0.300. The quantitative estimate of drug-likeness (QED) is 0.242. The number of hydrogen-bond acceptors (Lipinski definition) is 3. The molecular weight excluding hydrogens is 480 g/mol. The van der Waals surface area contributed by atoms with Crippen LogP contribution in [0.3, 0.4) is 0 Å². The van der Waals surface area contributed by atoms with Crippen LogP contribution >= 0.6 is 11.6 Å². The van der Waals surface area contributed by atoms with Gasteiger partial charge in [-0.3, -0.25) is 9.97 Å². The van der Waals surface area contributed by atoms with Crippen LogP contribution in [-0.4, -0.2) is 16.6 Å². The summed E-state index contributed by atoms with van der Waals surface area (Å²) in [4.78, 5) is 8.74. The Balaban J connectivity index is 1.65. The molecule has 3 nitrogen and oxygen atoms in total. The lowest BCUT2D eigenvalue weighted by molar-refractivity contribution is -0.137. The molecule has 0 aliphatic carbocycles. The molecule has 0 unspecified atom stereocenters. The summed E-state index contributed by atoms with van der Waals surface area (Å²) in [6.07, 6.45) is -2.63. The summed E-state index contributed by atoms with van der Waals surface area (Å²) < 4.78 is 58.5. The lowest BCUT2D eigenvalue weighted by atomic mass is 9.99. The zero-order chi connectivity index (χ0) is 25.2. The van der Waals surface area contributed by atoms with Crippen molar-refractivity contribution in [2.45, 2.75) is 39.5 Å². The van der Waals surface area contributed by atoms with Crippen LogP contribution in [0.4, 0.5) is 17.6 Å². The van der Waals surface area contributed by atoms with Gasteiger partial charge < -0.3 is 4.74 Å². The number of fused-ring (bicyclic) bond motifs is 1. The first-order valence-electron chi connectivity index (χ1n) is 11.1. The fourth-order valence-corrected chi connectivity index (χ4v) is 4.26. The van der Waals surface area contributed by atoms with Crippen LogP contribution in [0.25, 0.3) is 22.2 Å². The van der Waals surface area contributed by atoms with Gasteiger partial charge in [0.05, 0.1) is 28.4 Å². The first kappa shape index (κ1) is 25.1. The van der Waals surface area contributed by atoms with Gasteiger partial charge in [-0.1, -0.05) is 11.6 Å². The lowest BCUT2D eigenvalue weighted by Crippen LogP contribution is -2.06. The minimum Gasteiger partial charge on any atom is -0.377 e. The monoisotopic (exact) mass is 502 g/mol. The zero-order valence-electron chi connectivity index (χ0n) is 19.2. The van der Waals surface area contributed by atoms with Crippen molar-refractivity contribution < 1.29 is 22.3 Å². The van der Waals surface area contributed by atoms with Gasteiger partial charge in [0.2, 0.25) is 0 Å². The third kappa shape index (κ3) is 5.80. The van der Waals surface area contributed by atoms with E-state index in [2.05, 4.69) is 4.98 Å². The Kier molecular flexibility index (Phi) is 7.38. The van der Waals surface area contributed by atoms with Gasteiger partial charge in [0, 0.05) is 35.0 Å². The normalized spacial score (nSPS) is 11.9. The molecule has 0 amide bonds. The molecule has 2 aromatic carbocycles. The van der Waals surface area contributed by atoms with Crippen molar-refractivity contribution >= 4 is 22.5 Å². The van der Waals surface area contributed by atoms with E-state index >= 15 is 0 Å². The second-order valence-electron chi connectivity index (χ2n) is 8.27. The van der Waals surface area contributed by atoms with Crippen molar-refractivity contribution in [2.75, 3.05) is 6.61 Å². The molecule has 0 saturated heterocycles. The van der Waals surface area contributed by atoms with Crippen molar-refractivity contribution in [1.29, 1.82) is 0 Å². The predicted molar refractivity (Wildman–Crippen MR) is 129 cm³/mol. The van der Waals surface area contributed by atoms with E-state index in [-0.39, 0.29) is 5.82 Å². The molecule has 0 atom stereocenters. The van der Waals surface area contributed by atoms with E-state index in [0.717, 1.165) is 45.9 Å². The Bertz CT molecular complexity index is 1350. The largest absolute Gasteiger partial charge is 0.417 e. The standard InChI is InChI=1S/C27H23ClF4N2O/c1-3-35-15-23-16(2)10-22(34-25(23)18-5-7-21(29)8-6-18)9-4-17-11-19-13-20(27(30,31)32)14-33-26(19)24(28)12-17/h5-8,10-14H,3-4,9,15H2,1-2H3. The first-order valence-corrected chi connectivity index (χ1v) is 11.5. The van der Waals surface area contributed by atoms with Crippen molar-refractivity contribution in [3.05, 3.63) is 93.5 Å². The summed E-state index contributed by atoms with van der Waals surface area (Å²) in [5, 5.41) is 0.639. The van der Waals surface area contributed by atoms with Gasteiger partial charge in [0.15, 0.2) is 0 Å². The third-order valence-corrected chi connectivity index (χ3v) is 6.05. The van der Waals surface area contributed by atoms with Crippen LogP contribution in [0.15, 0.2) is 54.7 Å². The number of aryl methyl sites for hydroxylation is 3. The molecule has 0 N–H and O–H groups in total. The summed E-state index contributed by atoms with van der Waals surface area (Å²) in [5.74, 6) is -0.329. The maximum absolute atomic E-state index is 13.5. The van der Waals surface area contributed by atoms with E-state index in [9.17, 15) is 17.6 Å². The maximum atomic E-state index is 13.5. The van der Waals surface area contributed by atoms with Crippen LogP contribution < -0.4 is 0 Å². The van der Waals surface area contributed by atoms with Crippen LogP contribution in [0, 0.1) is 12.7 Å². The molecule has 0 saturated carbocycles. The third-order valence-electron chi connectivity index (χ3n) is 5.76. The SMILES string of the molecule is CCOCc1c(C)cc(CCc2cc(Cl)c3ncc(C(F)(F)F)cc3c2)nc1-c1ccc(F)cc1. The highest BCUT2D eigenvalue weighted by molar-refractivity contribution is 6.35. The molecule has 2 aromatic heterocycles. The van der Waals surface area contributed by atoms with Gasteiger partial charge in [-0.2, -0.15) is 13.2 Å². The highest BCUT2D eigenvalue weighted by Gasteiger charge is 2.31. The Morgan fingerprint density at radius 2 is 1.74 bits per heavy atom. The van der Waals surface area contributed by atoms with E-state index in [1.54, 1.807) is 24.3 Å². The first-order chi connectivity index (χ1) is 16.7. The van der Waals surface area contributed by atoms with Crippen molar-refractivity contribution in [3.8, 4) is 11.3 Å². The predicted octanol–water partition coefficient (Wildman–Crippen LogP) is 7.74. The molecule has 0 bridgehead atoms. The summed E-state index contributed by atoms with van der Waals surface area (Å²) >= 11 is 6.32. The van der Waals surface area contributed by atoms with Crippen molar-refractivity contribution in [1.82, 2.24) is 9.97 Å². The topological polar surface area (TPSA) is 35.0 Å². The van der Waals surface area contributed by atoms with E-state index in [1.807, 2.05) is 19.9 Å². The fraction of sp³-hybridized carbons (Fsp3) is 0.259. The molecule has 4 aromatic rings. The fourth-order valence-electron chi connectivity index (χ4n) is 3.96. The average Bonchev–Trinajstić information content (AvgIpc) is 2.81. The Hall–Kier alpha value is -3.03. The molecule has 0 aliphatic heterocycles. The number of hydrogen-bond donors (Lipinski definition) is 0. The molecule has 0 radical (unpaired) electrons. The molecule has 2 heterocycles. The molecule has 35 heavy (non-hydrogen) atoms. The summed E-state index contributed by atoms with van der Waals surface area (Å²) in [5.41, 5.74) is 4.54. The summed E-state index contributed by atoms with van der Waals surface area (Å²) in [6.45, 7) is 4.83. The number of benzene rings is 2. The van der Waals surface area contributed by atoms with E-state index in [1.165, 1.54) is 12.1 Å². The summed E-state index contributed by atoms with van der Waals surface area (Å²) in [6, 6.07) is 12.6.